The highest BCUT2D eigenvalue weighted by atomic mass is 32.1. The van der Waals surface area contributed by atoms with Crippen LogP contribution in [0.4, 0.5) is 4.39 Å². The molecule has 0 fully saturated rings. The SMILES string of the molecule is COc1ccc(-c2nnc(CCCNC(C)C)s2)c(F)c1. The first kappa shape index (κ1) is 15.9. The Morgan fingerprint density at radius 2 is 2.14 bits per heavy atom. The number of benzene rings is 1. The second kappa shape index (κ2) is 7.47. The highest BCUT2D eigenvalue weighted by Crippen LogP contribution is 2.28. The molecule has 0 unspecified atom stereocenters. The van der Waals surface area contributed by atoms with E-state index in [0.29, 0.717) is 22.4 Å². The average Bonchev–Trinajstić information content (AvgIpc) is 2.91. The molecule has 0 amide bonds. The Hall–Kier alpha value is -1.53. The van der Waals surface area contributed by atoms with E-state index in [2.05, 4.69) is 29.4 Å². The lowest BCUT2D eigenvalue weighted by Crippen LogP contribution is -2.23. The van der Waals surface area contributed by atoms with Gasteiger partial charge in [-0.2, -0.15) is 0 Å². The van der Waals surface area contributed by atoms with Crippen LogP contribution in [0.15, 0.2) is 18.2 Å². The highest BCUT2D eigenvalue weighted by molar-refractivity contribution is 7.14. The van der Waals surface area contributed by atoms with E-state index in [9.17, 15) is 4.39 Å². The van der Waals surface area contributed by atoms with Crippen LogP contribution < -0.4 is 10.1 Å². The number of aryl methyl sites for hydroxylation is 1. The van der Waals surface area contributed by atoms with E-state index < -0.39 is 0 Å². The van der Waals surface area contributed by atoms with Crippen molar-refractivity contribution in [3.63, 3.8) is 0 Å². The molecule has 1 heterocycles. The molecule has 1 aromatic heterocycles. The van der Waals surface area contributed by atoms with Crippen molar-refractivity contribution in [3.8, 4) is 16.3 Å². The summed E-state index contributed by atoms with van der Waals surface area (Å²) in [5, 5.41) is 13.1. The molecule has 0 saturated carbocycles. The van der Waals surface area contributed by atoms with Crippen LogP contribution in [-0.4, -0.2) is 29.9 Å². The highest BCUT2D eigenvalue weighted by Gasteiger charge is 2.12. The molecule has 2 aromatic rings. The fourth-order valence-corrected chi connectivity index (χ4v) is 2.80. The van der Waals surface area contributed by atoms with Crippen LogP contribution >= 0.6 is 11.3 Å². The normalized spacial score (nSPS) is 11.1. The van der Waals surface area contributed by atoms with E-state index in [0.717, 1.165) is 24.4 Å². The van der Waals surface area contributed by atoms with Gasteiger partial charge in [-0.05, 0) is 25.1 Å². The van der Waals surface area contributed by atoms with Gasteiger partial charge in [-0.3, -0.25) is 0 Å². The Balaban J connectivity index is 1.99. The van der Waals surface area contributed by atoms with Gasteiger partial charge in [0.2, 0.25) is 0 Å². The lowest BCUT2D eigenvalue weighted by Gasteiger charge is -2.05. The molecule has 0 radical (unpaired) electrons. The molecule has 114 valence electrons. The summed E-state index contributed by atoms with van der Waals surface area (Å²) >= 11 is 1.44. The Kier molecular flexibility index (Phi) is 5.64. The molecule has 6 heteroatoms. The maximum absolute atomic E-state index is 14.0. The van der Waals surface area contributed by atoms with Gasteiger partial charge in [-0.1, -0.05) is 25.2 Å². The number of halogens is 1. The van der Waals surface area contributed by atoms with E-state index in [1.54, 1.807) is 12.1 Å². The molecule has 0 aliphatic carbocycles. The summed E-state index contributed by atoms with van der Waals surface area (Å²) < 4.78 is 19.0. The minimum atomic E-state index is -0.335. The number of nitrogens with zero attached hydrogens (tertiary/aromatic N) is 2. The topological polar surface area (TPSA) is 47.0 Å². The average molecular weight is 309 g/mol. The number of hydrogen-bond donors (Lipinski definition) is 1. The van der Waals surface area contributed by atoms with Crippen molar-refractivity contribution >= 4 is 11.3 Å². The van der Waals surface area contributed by atoms with E-state index in [1.165, 1.54) is 24.5 Å². The molecule has 0 aliphatic heterocycles. The second-order valence-electron chi connectivity index (χ2n) is 5.06. The summed E-state index contributed by atoms with van der Waals surface area (Å²) in [6.07, 6.45) is 1.85. The first-order valence-electron chi connectivity index (χ1n) is 7.00. The van der Waals surface area contributed by atoms with Gasteiger partial charge in [0.05, 0.1) is 7.11 Å². The summed E-state index contributed by atoms with van der Waals surface area (Å²) in [6.45, 7) is 5.19. The minimum absolute atomic E-state index is 0.335. The lowest BCUT2D eigenvalue weighted by molar-refractivity contribution is 0.411. The smallest absolute Gasteiger partial charge is 0.150 e. The number of methoxy groups -OCH3 is 1. The first-order valence-corrected chi connectivity index (χ1v) is 7.81. The third-order valence-corrected chi connectivity index (χ3v) is 4.01. The second-order valence-corrected chi connectivity index (χ2v) is 6.12. The standard InChI is InChI=1S/C15H20FN3OS/c1-10(2)17-8-4-5-14-18-19-15(21-14)12-7-6-11(20-3)9-13(12)16/h6-7,9-10,17H,4-5,8H2,1-3H3. The Labute approximate surface area is 128 Å². The predicted molar refractivity (Wildman–Crippen MR) is 83.3 cm³/mol. The minimum Gasteiger partial charge on any atom is -0.497 e. The summed E-state index contributed by atoms with van der Waals surface area (Å²) in [6, 6.07) is 5.26. The number of aromatic nitrogens is 2. The van der Waals surface area contributed by atoms with Gasteiger partial charge in [-0.15, -0.1) is 10.2 Å². The summed E-state index contributed by atoms with van der Waals surface area (Å²) in [5.74, 6) is 0.166. The monoisotopic (exact) mass is 309 g/mol. The fourth-order valence-electron chi connectivity index (χ4n) is 1.89. The summed E-state index contributed by atoms with van der Waals surface area (Å²) in [4.78, 5) is 0. The number of ether oxygens (including phenoxy) is 1. The van der Waals surface area contributed by atoms with Gasteiger partial charge < -0.3 is 10.1 Å². The van der Waals surface area contributed by atoms with Crippen LogP contribution in [0, 0.1) is 5.82 Å². The molecular formula is C15H20FN3OS. The molecule has 21 heavy (non-hydrogen) atoms. The molecule has 1 aromatic carbocycles. The van der Waals surface area contributed by atoms with Gasteiger partial charge in [0.15, 0.2) is 5.01 Å². The van der Waals surface area contributed by atoms with Crippen molar-refractivity contribution < 1.29 is 9.13 Å². The number of rotatable bonds is 7. The van der Waals surface area contributed by atoms with Crippen LogP contribution in [0.1, 0.15) is 25.3 Å². The Morgan fingerprint density at radius 3 is 2.81 bits per heavy atom. The van der Waals surface area contributed by atoms with Crippen molar-refractivity contribution in [2.45, 2.75) is 32.7 Å². The first-order chi connectivity index (χ1) is 10.1. The van der Waals surface area contributed by atoms with Crippen LogP contribution in [-0.2, 0) is 6.42 Å². The van der Waals surface area contributed by atoms with Gasteiger partial charge >= 0.3 is 0 Å². The maximum atomic E-state index is 14.0. The molecule has 4 nitrogen and oxygen atoms in total. The van der Waals surface area contributed by atoms with E-state index in [1.807, 2.05) is 0 Å². The third-order valence-electron chi connectivity index (χ3n) is 2.99. The Bertz CT molecular complexity index is 586. The largest absolute Gasteiger partial charge is 0.497 e. The van der Waals surface area contributed by atoms with Crippen LogP contribution in [0.3, 0.4) is 0 Å². The zero-order valence-corrected chi connectivity index (χ0v) is 13.3. The van der Waals surface area contributed by atoms with Crippen LogP contribution in [0.2, 0.25) is 0 Å². The van der Waals surface area contributed by atoms with Crippen molar-refractivity contribution in [1.29, 1.82) is 0 Å². The molecule has 2 rings (SSSR count). The van der Waals surface area contributed by atoms with Gasteiger partial charge in [0.1, 0.15) is 16.6 Å². The van der Waals surface area contributed by atoms with Crippen molar-refractivity contribution in [3.05, 3.63) is 29.0 Å². The Morgan fingerprint density at radius 1 is 1.33 bits per heavy atom. The molecule has 1 N–H and O–H groups in total. The zero-order valence-electron chi connectivity index (χ0n) is 12.5. The molecule has 0 saturated heterocycles. The van der Waals surface area contributed by atoms with E-state index in [4.69, 9.17) is 4.74 Å². The van der Waals surface area contributed by atoms with Crippen LogP contribution in [0.5, 0.6) is 5.75 Å². The van der Waals surface area contributed by atoms with E-state index in [-0.39, 0.29) is 5.82 Å². The molecule has 0 aliphatic rings. The van der Waals surface area contributed by atoms with Crippen molar-refractivity contribution in [2.75, 3.05) is 13.7 Å². The molecule has 0 spiro atoms. The zero-order chi connectivity index (χ0) is 15.2. The van der Waals surface area contributed by atoms with Gasteiger partial charge in [0, 0.05) is 24.1 Å². The molecule has 0 atom stereocenters. The molecular weight excluding hydrogens is 289 g/mol. The van der Waals surface area contributed by atoms with Gasteiger partial charge in [-0.25, -0.2) is 4.39 Å². The number of nitrogens with one attached hydrogen (secondary N) is 1. The fraction of sp³-hybridized carbons (Fsp3) is 0.467. The van der Waals surface area contributed by atoms with Crippen LogP contribution in [0.25, 0.3) is 10.6 Å². The molecule has 0 bridgehead atoms. The van der Waals surface area contributed by atoms with Crippen molar-refractivity contribution in [1.82, 2.24) is 15.5 Å². The number of hydrogen-bond acceptors (Lipinski definition) is 5. The lowest BCUT2D eigenvalue weighted by atomic mass is 10.2. The maximum Gasteiger partial charge on any atom is 0.150 e. The van der Waals surface area contributed by atoms with Gasteiger partial charge in [0.25, 0.3) is 0 Å². The third kappa shape index (κ3) is 4.47. The quantitative estimate of drug-likeness (QED) is 0.797. The van der Waals surface area contributed by atoms with Crippen molar-refractivity contribution in [2.24, 2.45) is 0 Å². The summed E-state index contributed by atoms with van der Waals surface area (Å²) in [5.41, 5.74) is 0.472. The summed E-state index contributed by atoms with van der Waals surface area (Å²) in [7, 11) is 1.52. The predicted octanol–water partition coefficient (Wildman–Crippen LogP) is 3.28. The van der Waals surface area contributed by atoms with E-state index >= 15 is 0 Å².